The first-order chi connectivity index (χ1) is 12.9. The van der Waals surface area contributed by atoms with Crippen LogP contribution in [0.1, 0.15) is 65.2 Å². The van der Waals surface area contributed by atoms with E-state index in [1.165, 1.54) is 32.3 Å². The third kappa shape index (κ3) is 6.26. The van der Waals surface area contributed by atoms with E-state index in [9.17, 15) is 29.7 Å². The van der Waals surface area contributed by atoms with E-state index in [1.54, 1.807) is 0 Å². The Morgan fingerprint density at radius 2 is 1.41 bits per heavy atom. The Kier molecular flexibility index (Phi) is 9.89. The van der Waals surface area contributed by atoms with Crippen LogP contribution in [0.5, 0.6) is 0 Å². The van der Waals surface area contributed by atoms with Crippen LogP contribution in [0.3, 0.4) is 0 Å². The molecule has 150 valence electrons. The molecule has 3 N–H and O–H groups in total. The van der Waals surface area contributed by atoms with Crippen molar-refractivity contribution in [2.75, 3.05) is 13.2 Å². The zero-order chi connectivity index (χ0) is 20.4. The molecule has 6 heteroatoms. The van der Waals surface area contributed by atoms with Gasteiger partial charge in [0.2, 0.25) is 0 Å². The maximum Gasteiger partial charge on any atom is 0.331 e. The number of aliphatic carboxylic acids is 1. The number of aliphatic hydroxyl groups is 2. The van der Waals surface area contributed by atoms with Crippen LogP contribution in [-0.2, 0) is 14.4 Å². The Morgan fingerprint density at radius 1 is 0.889 bits per heavy atom. The van der Waals surface area contributed by atoms with Gasteiger partial charge < -0.3 is 15.3 Å². The Hall–Kier alpha value is -2.05. The van der Waals surface area contributed by atoms with E-state index in [0.717, 1.165) is 19.3 Å². The van der Waals surface area contributed by atoms with Crippen molar-refractivity contribution < 1.29 is 29.7 Å². The van der Waals surface area contributed by atoms with Crippen LogP contribution in [-0.4, -0.2) is 46.1 Å². The van der Waals surface area contributed by atoms with Gasteiger partial charge in [-0.25, -0.2) is 4.79 Å². The van der Waals surface area contributed by atoms with Gasteiger partial charge in [-0.2, -0.15) is 0 Å². The van der Waals surface area contributed by atoms with Gasteiger partial charge in [0.1, 0.15) is 0 Å². The fraction of sp³-hybridized carbons (Fsp3) is 0.571. The maximum atomic E-state index is 12.5. The smallest absolute Gasteiger partial charge is 0.331 e. The number of ketones is 2. The highest BCUT2D eigenvalue weighted by Crippen LogP contribution is 2.27. The summed E-state index contributed by atoms with van der Waals surface area (Å²) >= 11 is 0. The number of aliphatic hydroxyl groups excluding tert-OH is 2. The molecule has 0 amide bonds. The molecule has 27 heavy (non-hydrogen) atoms. The molecule has 1 rings (SSSR count). The molecule has 0 bridgehead atoms. The molecule has 0 aromatic carbocycles. The van der Waals surface area contributed by atoms with Gasteiger partial charge in [-0.1, -0.05) is 45.4 Å². The predicted molar refractivity (Wildman–Crippen MR) is 102 cm³/mol. The summed E-state index contributed by atoms with van der Waals surface area (Å²) in [5, 5.41) is 28.1. The average Bonchev–Trinajstić information content (AvgIpc) is 2.65. The van der Waals surface area contributed by atoms with Crippen molar-refractivity contribution in [3.8, 4) is 0 Å². The highest BCUT2D eigenvalue weighted by atomic mass is 16.4. The Balaban J connectivity index is 2.89. The van der Waals surface area contributed by atoms with E-state index >= 15 is 0 Å². The summed E-state index contributed by atoms with van der Waals surface area (Å²) in [7, 11) is 0. The lowest BCUT2D eigenvalue weighted by atomic mass is 9.84. The minimum Gasteiger partial charge on any atom is -0.478 e. The second-order valence-corrected chi connectivity index (χ2v) is 6.82. The third-order valence-electron chi connectivity index (χ3n) is 4.86. The maximum absolute atomic E-state index is 12.5. The molecule has 0 saturated carbocycles. The average molecular weight is 378 g/mol. The van der Waals surface area contributed by atoms with Crippen LogP contribution < -0.4 is 0 Å². The van der Waals surface area contributed by atoms with Gasteiger partial charge in [-0.05, 0) is 25.8 Å². The Labute approximate surface area is 160 Å². The molecule has 0 aliphatic heterocycles. The van der Waals surface area contributed by atoms with Gasteiger partial charge in [-0.15, -0.1) is 0 Å². The highest BCUT2D eigenvalue weighted by molar-refractivity contribution is 6.26. The van der Waals surface area contributed by atoms with Crippen molar-refractivity contribution in [2.24, 2.45) is 0 Å². The number of rotatable bonds is 12. The molecule has 0 fully saturated rings. The molecule has 0 aromatic heterocycles. The first-order valence-corrected chi connectivity index (χ1v) is 9.56. The monoisotopic (exact) mass is 378 g/mol. The molecule has 0 unspecified atom stereocenters. The molecular weight excluding hydrogens is 348 g/mol. The molecule has 0 spiro atoms. The van der Waals surface area contributed by atoms with E-state index in [0.29, 0.717) is 12.8 Å². The van der Waals surface area contributed by atoms with Gasteiger partial charge in [0, 0.05) is 27.9 Å². The second-order valence-electron chi connectivity index (χ2n) is 6.82. The lowest BCUT2D eigenvalue weighted by Crippen LogP contribution is -2.26. The van der Waals surface area contributed by atoms with Crippen molar-refractivity contribution in [3.05, 3.63) is 33.9 Å². The highest BCUT2D eigenvalue weighted by Gasteiger charge is 2.31. The van der Waals surface area contributed by atoms with Gasteiger partial charge >= 0.3 is 5.97 Å². The van der Waals surface area contributed by atoms with Crippen LogP contribution in [0.15, 0.2) is 33.9 Å². The molecule has 1 aliphatic rings. The van der Waals surface area contributed by atoms with E-state index in [1.807, 2.05) is 0 Å². The van der Waals surface area contributed by atoms with Crippen LogP contribution in [0.2, 0.25) is 0 Å². The van der Waals surface area contributed by atoms with Crippen molar-refractivity contribution in [1.29, 1.82) is 0 Å². The van der Waals surface area contributed by atoms with Crippen molar-refractivity contribution >= 4 is 17.5 Å². The van der Waals surface area contributed by atoms with Gasteiger partial charge in [0.05, 0.1) is 13.2 Å². The van der Waals surface area contributed by atoms with Crippen molar-refractivity contribution in [1.82, 2.24) is 0 Å². The standard InChI is InChI=1S/C21H30O6/c1-3-4-5-6-7-8-9-10-15(21(26)27)11-16-14(2)19(24)17(12-22)18(13-23)20(16)25/h11,22-23H,3-10,12-13H2,1-2H3,(H,26,27)/b15-11+. The Bertz CT molecular complexity index is 666. The van der Waals surface area contributed by atoms with Crippen LogP contribution in [0.4, 0.5) is 0 Å². The minimum atomic E-state index is -1.12. The number of hydrogen-bond acceptors (Lipinski definition) is 5. The predicted octanol–water partition coefficient (Wildman–Crippen LogP) is 2.89. The number of Topliss-reactive ketones (excluding diaryl/α,β-unsaturated/α-hetero) is 2. The summed E-state index contributed by atoms with van der Waals surface area (Å²) in [6, 6.07) is 0. The number of hydrogen-bond donors (Lipinski definition) is 3. The van der Waals surface area contributed by atoms with Gasteiger partial charge in [0.25, 0.3) is 0 Å². The lowest BCUT2D eigenvalue weighted by Gasteiger charge is -2.19. The fourth-order valence-electron chi connectivity index (χ4n) is 3.15. The zero-order valence-corrected chi connectivity index (χ0v) is 16.2. The quantitative estimate of drug-likeness (QED) is 0.273. The molecule has 0 atom stereocenters. The van der Waals surface area contributed by atoms with E-state index < -0.39 is 30.7 Å². The largest absolute Gasteiger partial charge is 0.478 e. The number of carbonyl (C=O) groups excluding carboxylic acids is 2. The fourth-order valence-corrected chi connectivity index (χ4v) is 3.15. The summed E-state index contributed by atoms with van der Waals surface area (Å²) in [5.41, 5.74) is -0.133. The second kappa shape index (κ2) is 11.6. The number of carboxylic acid groups (broad SMARTS) is 1. The van der Waals surface area contributed by atoms with Crippen LogP contribution >= 0.6 is 0 Å². The molecule has 0 radical (unpaired) electrons. The normalized spacial score (nSPS) is 15.8. The number of carboxylic acids is 1. The first-order valence-electron chi connectivity index (χ1n) is 9.56. The van der Waals surface area contributed by atoms with Gasteiger partial charge in [-0.3, -0.25) is 9.59 Å². The Morgan fingerprint density at radius 3 is 1.93 bits per heavy atom. The number of carbonyl (C=O) groups is 3. The molecule has 1 aliphatic carbocycles. The summed E-state index contributed by atoms with van der Waals surface area (Å²) < 4.78 is 0. The van der Waals surface area contributed by atoms with E-state index in [4.69, 9.17) is 0 Å². The molecular formula is C21H30O6. The van der Waals surface area contributed by atoms with Gasteiger partial charge in [0.15, 0.2) is 11.6 Å². The first kappa shape index (κ1) is 23.0. The van der Waals surface area contributed by atoms with E-state index in [2.05, 4.69) is 6.92 Å². The number of allylic oxidation sites excluding steroid dienone is 3. The van der Waals surface area contributed by atoms with Crippen LogP contribution in [0, 0.1) is 0 Å². The summed E-state index contributed by atoms with van der Waals surface area (Å²) in [6.07, 6.45) is 8.92. The van der Waals surface area contributed by atoms with Crippen molar-refractivity contribution in [3.63, 3.8) is 0 Å². The lowest BCUT2D eigenvalue weighted by molar-refractivity contribution is -0.132. The van der Waals surface area contributed by atoms with E-state index in [-0.39, 0.29) is 27.9 Å². The van der Waals surface area contributed by atoms with Crippen molar-refractivity contribution in [2.45, 2.75) is 65.2 Å². The third-order valence-corrected chi connectivity index (χ3v) is 4.86. The molecule has 0 saturated heterocycles. The summed E-state index contributed by atoms with van der Waals surface area (Å²) in [5.74, 6) is -2.26. The SMILES string of the molecule is CCCCCCCCC/C(=C\C1=C(C)C(=O)C(CO)=C(CO)C1=O)C(=O)O. The molecule has 0 aromatic rings. The minimum absolute atomic E-state index is 0.0124. The summed E-state index contributed by atoms with van der Waals surface area (Å²) in [4.78, 5) is 36.4. The van der Waals surface area contributed by atoms with Crippen LogP contribution in [0.25, 0.3) is 0 Å². The summed E-state index contributed by atoms with van der Waals surface area (Å²) in [6.45, 7) is 2.27. The zero-order valence-electron chi connectivity index (χ0n) is 16.2. The topological polar surface area (TPSA) is 112 Å². The number of unbranched alkanes of at least 4 members (excludes halogenated alkanes) is 6. The molecule has 6 nitrogen and oxygen atoms in total. The molecule has 0 heterocycles.